The fourth-order valence-electron chi connectivity index (χ4n) is 0.956. The zero-order valence-electron chi connectivity index (χ0n) is 6.85. The Morgan fingerprint density at radius 1 is 1.62 bits per heavy atom. The third-order valence-electron chi connectivity index (χ3n) is 1.57. The van der Waals surface area contributed by atoms with Crippen LogP contribution in [0, 0.1) is 0 Å². The molecule has 5 heteroatoms. The van der Waals surface area contributed by atoms with E-state index in [1.807, 2.05) is 11.4 Å². The molecule has 0 unspecified atom stereocenters. The van der Waals surface area contributed by atoms with Gasteiger partial charge in [0.25, 0.3) is 0 Å². The molecule has 0 aliphatic heterocycles. The number of carbonyl (C=O) groups excluding carboxylic acids is 1. The fraction of sp³-hybridized carbons (Fsp3) is 0.125. The number of hydrogen-bond acceptors (Lipinski definition) is 5. The zero-order valence-corrected chi connectivity index (χ0v) is 7.67. The van der Waals surface area contributed by atoms with Gasteiger partial charge >= 0.3 is 5.97 Å². The van der Waals surface area contributed by atoms with Gasteiger partial charge in [0.05, 0.1) is 17.3 Å². The van der Waals surface area contributed by atoms with Crippen LogP contribution in [0.15, 0.2) is 17.6 Å². The van der Waals surface area contributed by atoms with Gasteiger partial charge in [-0.15, -0.1) is 11.3 Å². The summed E-state index contributed by atoms with van der Waals surface area (Å²) in [7, 11) is 1.31. The summed E-state index contributed by atoms with van der Waals surface area (Å²) in [5, 5.41) is 1.90. The molecule has 4 nitrogen and oxygen atoms in total. The van der Waals surface area contributed by atoms with Gasteiger partial charge in [0, 0.05) is 6.20 Å². The molecular formula is C8H6N2O2S. The lowest BCUT2D eigenvalue weighted by Gasteiger charge is -1.95. The van der Waals surface area contributed by atoms with Crippen LogP contribution in [-0.2, 0) is 4.74 Å². The first kappa shape index (κ1) is 8.12. The van der Waals surface area contributed by atoms with Crippen LogP contribution in [0.25, 0.3) is 10.2 Å². The Kier molecular flexibility index (Phi) is 1.94. The number of nitrogens with zero attached hydrogens (tertiary/aromatic N) is 2. The molecule has 13 heavy (non-hydrogen) atoms. The number of aromatic nitrogens is 2. The molecule has 0 fully saturated rings. The molecule has 0 radical (unpaired) electrons. The van der Waals surface area contributed by atoms with Crippen LogP contribution >= 0.6 is 11.3 Å². The van der Waals surface area contributed by atoms with Crippen LogP contribution in [0.4, 0.5) is 0 Å². The van der Waals surface area contributed by atoms with E-state index >= 15 is 0 Å². The first-order valence-electron chi connectivity index (χ1n) is 3.60. The lowest BCUT2D eigenvalue weighted by atomic mass is 10.4. The lowest BCUT2D eigenvalue weighted by molar-refractivity contribution is 0.0587. The number of fused-ring (bicyclic) bond motifs is 1. The van der Waals surface area contributed by atoms with Gasteiger partial charge in [0.15, 0.2) is 0 Å². The molecule has 2 aromatic rings. The summed E-state index contributed by atoms with van der Waals surface area (Å²) >= 11 is 1.54. The van der Waals surface area contributed by atoms with Gasteiger partial charge in [-0.3, -0.25) is 0 Å². The summed E-state index contributed by atoms with van der Waals surface area (Å²) in [4.78, 5) is 18.9. The highest BCUT2D eigenvalue weighted by Crippen LogP contribution is 2.17. The Morgan fingerprint density at radius 3 is 3.23 bits per heavy atom. The van der Waals surface area contributed by atoms with E-state index in [1.165, 1.54) is 18.4 Å². The summed E-state index contributed by atoms with van der Waals surface area (Å²) in [5.74, 6) is -0.401. The Morgan fingerprint density at radius 2 is 2.46 bits per heavy atom. The standard InChI is InChI=1S/C8H6N2O2S/c1-12-8(11)7-9-4-6-5(10-7)2-3-13-6/h2-4H,1H3. The van der Waals surface area contributed by atoms with E-state index in [-0.39, 0.29) is 5.82 Å². The molecule has 0 bridgehead atoms. The monoisotopic (exact) mass is 194 g/mol. The molecule has 0 N–H and O–H groups in total. The highest BCUT2D eigenvalue weighted by molar-refractivity contribution is 7.17. The number of thiophene rings is 1. The molecule has 2 rings (SSSR count). The summed E-state index contributed by atoms with van der Waals surface area (Å²) in [6, 6.07) is 1.84. The molecule has 0 atom stereocenters. The molecule has 0 spiro atoms. The van der Waals surface area contributed by atoms with E-state index in [0.29, 0.717) is 0 Å². The van der Waals surface area contributed by atoms with E-state index in [9.17, 15) is 4.79 Å². The number of esters is 1. The number of rotatable bonds is 1. The van der Waals surface area contributed by atoms with Crippen LogP contribution in [0.2, 0.25) is 0 Å². The second-order valence-electron chi connectivity index (χ2n) is 2.36. The first-order valence-corrected chi connectivity index (χ1v) is 4.48. The van der Waals surface area contributed by atoms with Gasteiger partial charge in [-0.2, -0.15) is 0 Å². The number of methoxy groups -OCH3 is 1. The van der Waals surface area contributed by atoms with E-state index in [2.05, 4.69) is 14.7 Å². The van der Waals surface area contributed by atoms with Crippen LogP contribution in [0.3, 0.4) is 0 Å². The van der Waals surface area contributed by atoms with Crippen molar-refractivity contribution in [3.05, 3.63) is 23.5 Å². The SMILES string of the molecule is COC(=O)c1ncc2sccc2n1. The molecular weight excluding hydrogens is 188 g/mol. The van der Waals surface area contributed by atoms with Crippen LogP contribution < -0.4 is 0 Å². The molecule has 66 valence electrons. The molecule has 0 saturated heterocycles. The van der Waals surface area contributed by atoms with Gasteiger partial charge in [0.1, 0.15) is 0 Å². The lowest BCUT2D eigenvalue weighted by Crippen LogP contribution is -2.06. The van der Waals surface area contributed by atoms with Gasteiger partial charge < -0.3 is 4.74 Å². The van der Waals surface area contributed by atoms with Gasteiger partial charge in [-0.1, -0.05) is 0 Å². The largest absolute Gasteiger partial charge is 0.463 e. The van der Waals surface area contributed by atoms with Crippen molar-refractivity contribution in [3.63, 3.8) is 0 Å². The molecule has 2 heterocycles. The minimum Gasteiger partial charge on any atom is -0.463 e. The van der Waals surface area contributed by atoms with E-state index in [1.54, 1.807) is 6.20 Å². The molecule has 0 aromatic carbocycles. The number of ether oxygens (including phenoxy) is 1. The number of carbonyl (C=O) groups is 1. The van der Waals surface area contributed by atoms with Crippen molar-refractivity contribution in [2.75, 3.05) is 7.11 Å². The Hall–Kier alpha value is -1.49. The van der Waals surface area contributed by atoms with Crippen molar-refractivity contribution in [2.24, 2.45) is 0 Å². The minimum absolute atomic E-state index is 0.105. The molecule has 0 saturated carbocycles. The summed E-state index contributed by atoms with van der Waals surface area (Å²) in [6.07, 6.45) is 1.62. The summed E-state index contributed by atoms with van der Waals surface area (Å²) in [5.41, 5.74) is 0.778. The van der Waals surface area contributed by atoms with Crippen molar-refractivity contribution < 1.29 is 9.53 Å². The van der Waals surface area contributed by atoms with E-state index in [4.69, 9.17) is 0 Å². The normalized spacial score (nSPS) is 10.2. The second-order valence-corrected chi connectivity index (χ2v) is 3.30. The Balaban J connectivity index is 2.54. The van der Waals surface area contributed by atoms with Crippen molar-refractivity contribution >= 4 is 27.5 Å². The molecule has 2 aromatic heterocycles. The molecule has 0 amide bonds. The number of hydrogen-bond donors (Lipinski definition) is 0. The predicted octanol–water partition coefficient (Wildman–Crippen LogP) is 1.48. The predicted molar refractivity (Wildman–Crippen MR) is 48.8 cm³/mol. The minimum atomic E-state index is -0.506. The summed E-state index contributed by atoms with van der Waals surface area (Å²) < 4.78 is 5.47. The van der Waals surface area contributed by atoms with Crippen molar-refractivity contribution in [3.8, 4) is 0 Å². The van der Waals surface area contributed by atoms with Crippen molar-refractivity contribution in [1.29, 1.82) is 0 Å². The van der Waals surface area contributed by atoms with E-state index < -0.39 is 5.97 Å². The second kappa shape index (κ2) is 3.10. The topological polar surface area (TPSA) is 52.1 Å². The average Bonchev–Trinajstić information content (AvgIpc) is 2.63. The maximum absolute atomic E-state index is 11.0. The third kappa shape index (κ3) is 1.38. The Labute approximate surface area is 78.2 Å². The maximum Gasteiger partial charge on any atom is 0.376 e. The zero-order chi connectivity index (χ0) is 9.26. The average molecular weight is 194 g/mol. The highest BCUT2D eigenvalue weighted by Gasteiger charge is 2.09. The third-order valence-corrected chi connectivity index (χ3v) is 2.41. The smallest absolute Gasteiger partial charge is 0.376 e. The Bertz CT molecular complexity index is 452. The van der Waals surface area contributed by atoms with E-state index in [0.717, 1.165) is 10.2 Å². The van der Waals surface area contributed by atoms with Crippen LogP contribution in [0.5, 0.6) is 0 Å². The maximum atomic E-state index is 11.0. The van der Waals surface area contributed by atoms with Crippen molar-refractivity contribution in [2.45, 2.75) is 0 Å². The van der Waals surface area contributed by atoms with Crippen molar-refractivity contribution in [1.82, 2.24) is 9.97 Å². The first-order chi connectivity index (χ1) is 6.31. The highest BCUT2D eigenvalue weighted by atomic mass is 32.1. The summed E-state index contributed by atoms with van der Waals surface area (Å²) in [6.45, 7) is 0. The van der Waals surface area contributed by atoms with Gasteiger partial charge in [-0.05, 0) is 11.4 Å². The van der Waals surface area contributed by atoms with Gasteiger partial charge in [-0.25, -0.2) is 14.8 Å². The van der Waals surface area contributed by atoms with Crippen LogP contribution in [0.1, 0.15) is 10.6 Å². The quantitative estimate of drug-likeness (QED) is 0.645. The fourth-order valence-corrected chi connectivity index (χ4v) is 1.65. The van der Waals surface area contributed by atoms with Crippen LogP contribution in [-0.4, -0.2) is 23.0 Å². The molecule has 0 aliphatic rings. The molecule has 0 aliphatic carbocycles. The van der Waals surface area contributed by atoms with Gasteiger partial charge in [0.2, 0.25) is 5.82 Å².